The van der Waals surface area contributed by atoms with Gasteiger partial charge >= 0.3 is 0 Å². The Kier molecular flexibility index (Phi) is 7.05. The third-order valence-electron chi connectivity index (χ3n) is 4.22. The van der Waals surface area contributed by atoms with E-state index < -0.39 is 0 Å². The van der Waals surface area contributed by atoms with Gasteiger partial charge in [0.05, 0.1) is 7.11 Å². The highest BCUT2D eigenvalue weighted by atomic mass is 16.5. The summed E-state index contributed by atoms with van der Waals surface area (Å²) in [6, 6.07) is 17.0. The molecule has 0 unspecified atom stereocenters. The molecule has 0 aliphatic rings. The summed E-state index contributed by atoms with van der Waals surface area (Å²) in [4.78, 5) is 16.1. The van der Waals surface area contributed by atoms with Crippen molar-refractivity contribution in [2.75, 3.05) is 13.7 Å². The van der Waals surface area contributed by atoms with Crippen molar-refractivity contribution in [1.82, 2.24) is 10.3 Å². The predicted octanol–water partition coefficient (Wildman–Crippen LogP) is 3.67. The Bertz CT molecular complexity index is 927. The van der Waals surface area contributed by atoms with Gasteiger partial charge in [0.2, 0.25) is 0 Å². The first-order valence-electron chi connectivity index (χ1n) is 9.29. The molecule has 1 aromatic heterocycles. The van der Waals surface area contributed by atoms with Crippen LogP contribution in [0.1, 0.15) is 16.7 Å². The van der Waals surface area contributed by atoms with Crippen LogP contribution in [0.3, 0.4) is 0 Å². The second kappa shape index (κ2) is 10.1. The molecule has 0 aliphatic heterocycles. The molecule has 1 N–H and O–H groups in total. The number of hydrogen-bond donors (Lipinski definition) is 1. The minimum absolute atomic E-state index is 0.0777. The van der Waals surface area contributed by atoms with Crippen molar-refractivity contribution in [3.63, 3.8) is 0 Å². The average Bonchev–Trinajstić information content (AvgIpc) is 2.76. The minimum atomic E-state index is -0.204. The summed E-state index contributed by atoms with van der Waals surface area (Å²) in [6.07, 6.45) is 3.51. The zero-order chi connectivity index (χ0) is 20.5. The second-order valence-corrected chi connectivity index (χ2v) is 6.51. The summed E-state index contributed by atoms with van der Waals surface area (Å²) in [7, 11) is 1.58. The lowest BCUT2D eigenvalue weighted by Gasteiger charge is -2.12. The topological polar surface area (TPSA) is 69.7 Å². The van der Waals surface area contributed by atoms with Crippen molar-refractivity contribution in [2.45, 2.75) is 20.1 Å². The normalized spacial score (nSPS) is 10.3. The Morgan fingerprint density at radius 3 is 2.55 bits per heavy atom. The standard InChI is InChI=1S/C23H24N2O4/c1-17-5-10-21(22(12-17)27-2)29-16-23(26)25-14-18-6-8-20(9-7-18)28-15-19-4-3-11-24-13-19/h3-13H,14-16H2,1-2H3,(H,25,26). The Labute approximate surface area is 170 Å². The van der Waals surface area contributed by atoms with Crippen molar-refractivity contribution >= 4 is 5.91 Å². The lowest BCUT2D eigenvalue weighted by atomic mass is 10.2. The molecule has 3 rings (SSSR count). The fourth-order valence-electron chi connectivity index (χ4n) is 2.64. The number of hydrogen-bond acceptors (Lipinski definition) is 5. The third-order valence-corrected chi connectivity index (χ3v) is 4.22. The number of aromatic nitrogens is 1. The zero-order valence-electron chi connectivity index (χ0n) is 16.6. The van der Waals surface area contributed by atoms with Gasteiger partial charge in [0.25, 0.3) is 5.91 Å². The number of aryl methyl sites for hydroxylation is 1. The summed E-state index contributed by atoms with van der Waals surface area (Å²) in [5.41, 5.74) is 3.04. The molecule has 1 heterocycles. The van der Waals surface area contributed by atoms with Gasteiger partial charge in [-0.1, -0.05) is 24.3 Å². The SMILES string of the molecule is COc1cc(C)ccc1OCC(=O)NCc1ccc(OCc2cccnc2)cc1. The molecule has 0 aliphatic carbocycles. The van der Waals surface area contributed by atoms with Crippen molar-refractivity contribution in [1.29, 1.82) is 0 Å². The van der Waals surface area contributed by atoms with Crippen LogP contribution in [-0.2, 0) is 17.9 Å². The zero-order valence-corrected chi connectivity index (χ0v) is 16.6. The summed E-state index contributed by atoms with van der Waals surface area (Å²) in [5.74, 6) is 1.71. The van der Waals surface area contributed by atoms with Gasteiger partial charge in [0.15, 0.2) is 18.1 Å². The molecule has 2 aromatic carbocycles. The van der Waals surface area contributed by atoms with Gasteiger partial charge in [0, 0.05) is 24.5 Å². The van der Waals surface area contributed by atoms with Gasteiger partial charge in [-0.05, 0) is 48.4 Å². The van der Waals surface area contributed by atoms with Crippen LogP contribution in [0.15, 0.2) is 67.0 Å². The van der Waals surface area contributed by atoms with E-state index in [1.54, 1.807) is 25.6 Å². The van der Waals surface area contributed by atoms with E-state index >= 15 is 0 Å². The highest BCUT2D eigenvalue weighted by Gasteiger charge is 2.08. The minimum Gasteiger partial charge on any atom is -0.493 e. The van der Waals surface area contributed by atoms with E-state index in [2.05, 4.69) is 10.3 Å². The molecule has 0 saturated heterocycles. The molecule has 6 nitrogen and oxygen atoms in total. The number of methoxy groups -OCH3 is 1. The van der Waals surface area contributed by atoms with Crippen LogP contribution in [-0.4, -0.2) is 24.6 Å². The maximum Gasteiger partial charge on any atom is 0.258 e. The monoisotopic (exact) mass is 392 g/mol. The first-order valence-corrected chi connectivity index (χ1v) is 9.29. The first kappa shape index (κ1) is 20.2. The van der Waals surface area contributed by atoms with E-state index in [0.717, 1.165) is 22.4 Å². The summed E-state index contributed by atoms with van der Waals surface area (Å²) >= 11 is 0. The molecule has 0 bridgehead atoms. The van der Waals surface area contributed by atoms with E-state index in [4.69, 9.17) is 14.2 Å². The molecule has 29 heavy (non-hydrogen) atoms. The summed E-state index contributed by atoms with van der Waals surface area (Å²) in [5, 5.41) is 2.84. The van der Waals surface area contributed by atoms with Gasteiger partial charge in [-0.2, -0.15) is 0 Å². The molecular weight excluding hydrogens is 368 g/mol. The Balaban J connectivity index is 1.43. The molecule has 0 atom stereocenters. The molecule has 0 saturated carbocycles. The van der Waals surface area contributed by atoms with Gasteiger partial charge in [-0.15, -0.1) is 0 Å². The number of nitrogens with one attached hydrogen (secondary N) is 1. The van der Waals surface area contributed by atoms with E-state index in [1.807, 2.05) is 55.5 Å². The van der Waals surface area contributed by atoms with Gasteiger partial charge in [-0.3, -0.25) is 9.78 Å². The molecule has 0 fully saturated rings. The van der Waals surface area contributed by atoms with E-state index in [-0.39, 0.29) is 12.5 Å². The van der Waals surface area contributed by atoms with Crippen LogP contribution in [0, 0.1) is 6.92 Å². The average molecular weight is 392 g/mol. The van der Waals surface area contributed by atoms with Crippen molar-refractivity contribution < 1.29 is 19.0 Å². The quantitative estimate of drug-likeness (QED) is 0.602. The number of amides is 1. The Hall–Kier alpha value is -3.54. The summed E-state index contributed by atoms with van der Waals surface area (Å²) in [6.45, 7) is 2.76. The second-order valence-electron chi connectivity index (χ2n) is 6.51. The van der Waals surface area contributed by atoms with Crippen molar-refractivity contribution in [3.05, 3.63) is 83.7 Å². The fourth-order valence-corrected chi connectivity index (χ4v) is 2.64. The fraction of sp³-hybridized carbons (Fsp3) is 0.217. The Morgan fingerprint density at radius 2 is 1.83 bits per heavy atom. The molecule has 6 heteroatoms. The maximum absolute atomic E-state index is 12.1. The predicted molar refractivity (Wildman–Crippen MR) is 110 cm³/mol. The number of benzene rings is 2. The highest BCUT2D eigenvalue weighted by Crippen LogP contribution is 2.27. The van der Waals surface area contributed by atoms with Crippen LogP contribution in [0.4, 0.5) is 0 Å². The Morgan fingerprint density at radius 1 is 1.00 bits per heavy atom. The number of ether oxygens (including phenoxy) is 3. The molecule has 150 valence electrons. The molecule has 3 aromatic rings. The van der Waals surface area contributed by atoms with Crippen molar-refractivity contribution in [2.24, 2.45) is 0 Å². The first-order chi connectivity index (χ1) is 14.1. The lowest BCUT2D eigenvalue weighted by Crippen LogP contribution is -2.28. The largest absolute Gasteiger partial charge is 0.493 e. The van der Waals surface area contributed by atoms with E-state index in [0.29, 0.717) is 24.7 Å². The maximum atomic E-state index is 12.1. The van der Waals surface area contributed by atoms with Gasteiger partial charge in [-0.25, -0.2) is 0 Å². The third kappa shape index (κ3) is 6.24. The number of pyridine rings is 1. The molecular formula is C23H24N2O4. The van der Waals surface area contributed by atoms with E-state index in [9.17, 15) is 4.79 Å². The van der Waals surface area contributed by atoms with Crippen LogP contribution in [0.5, 0.6) is 17.2 Å². The lowest BCUT2D eigenvalue weighted by molar-refractivity contribution is -0.123. The summed E-state index contributed by atoms with van der Waals surface area (Å²) < 4.78 is 16.6. The van der Waals surface area contributed by atoms with Crippen LogP contribution >= 0.6 is 0 Å². The van der Waals surface area contributed by atoms with Gasteiger partial charge < -0.3 is 19.5 Å². The molecule has 0 radical (unpaired) electrons. The molecule has 1 amide bonds. The highest BCUT2D eigenvalue weighted by molar-refractivity contribution is 5.77. The number of nitrogens with zero attached hydrogens (tertiary/aromatic N) is 1. The number of carbonyl (C=O) groups excluding carboxylic acids is 1. The van der Waals surface area contributed by atoms with Crippen LogP contribution in [0.25, 0.3) is 0 Å². The van der Waals surface area contributed by atoms with Gasteiger partial charge in [0.1, 0.15) is 12.4 Å². The van der Waals surface area contributed by atoms with Crippen molar-refractivity contribution in [3.8, 4) is 17.2 Å². The van der Waals surface area contributed by atoms with E-state index in [1.165, 1.54) is 0 Å². The van der Waals surface area contributed by atoms with Crippen LogP contribution in [0.2, 0.25) is 0 Å². The number of carbonyl (C=O) groups is 1. The van der Waals surface area contributed by atoms with Crippen LogP contribution < -0.4 is 19.5 Å². The number of rotatable bonds is 9. The smallest absolute Gasteiger partial charge is 0.258 e. The molecule has 0 spiro atoms.